The highest BCUT2D eigenvalue weighted by atomic mass is 35.6. The fourth-order valence-electron chi connectivity index (χ4n) is 1.22. The van der Waals surface area contributed by atoms with E-state index in [0.29, 0.717) is 11.9 Å². The quantitative estimate of drug-likeness (QED) is 0.320. The van der Waals surface area contributed by atoms with Gasteiger partial charge in [0.1, 0.15) is 6.61 Å². The zero-order chi connectivity index (χ0) is 16.4. The molecule has 0 aromatic heterocycles. The van der Waals surface area contributed by atoms with Gasteiger partial charge >= 0.3 is 17.9 Å². The van der Waals surface area contributed by atoms with Crippen molar-refractivity contribution in [3.63, 3.8) is 0 Å². The van der Waals surface area contributed by atoms with Crippen LogP contribution in [-0.2, 0) is 14.4 Å². The second-order valence-corrected chi connectivity index (χ2v) is 9.05. The van der Waals surface area contributed by atoms with E-state index in [0.717, 1.165) is 4.31 Å². The molecule has 0 aliphatic carbocycles. The van der Waals surface area contributed by atoms with Crippen LogP contribution in [0, 0.1) is 0 Å². The van der Waals surface area contributed by atoms with Crippen molar-refractivity contribution in [1.29, 1.82) is 0 Å². The molecule has 1 aliphatic rings. The van der Waals surface area contributed by atoms with Crippen molar-refractivity contribution in [3.8, 4) is 0 Å². The number of carbonyl (C=O) groups is 2. The third kappa shape index (κ3) is 5.28. The Morgan fingerprint density at radius 1 is 1.52 bits per heavy atom. The number of alkyl halides is 3. The van der Waals surface area contributed by atoms with Crippen LogP contribution < -0.4 is 0 Å². The Morgan fingerprint density at radius 2 is 2.10 bits per heavy atom. The summed E-state index contributed by atoms with van der Waals surface area (Å²) >= 11 is 17.2. The molecule has 1 fully saturated rings. The van der Waals surface area contributed by atoms with Gasteiger partial charge in [0.2, 0.25) is 0 Å². The Morgan fingerprint density at radius 3 is 2.62 bits per heavy atom. The number of nitrogens with zero attached hydrogens (tertiary/aromatic N) is 3. The molecule has 0 aromatic rings. The molecule has 0 radical (unpaired) electrons. The lowest BCUT2D eigenvalue weighted by atomic mass is 10.0. The van der Waals surface area contributed by atoms with E-state index >= 15 is 0 Å². The monoisotopic (exact) mass is 377 g/mol. The Labute approximate surface area is 141 Å². The number of oxime groups is 1. The molecule has 0 unspecified atom stereocenters. The minimum atomic E-state index is -1.72. The van der Waals surface area contributed by atoms with E-state index in [1.54, 1.807) is 7.05 Å². The van der Waals surface area contributed by atoms with E-state index in [2.05, 4.69) is 9.99 Å². The normalized spacial score (nSPS) is 20.2. The highest BCUT2D eigenvalue weighted by Crippen LogP contribution is 2.40. The summed E-state index contributed by atoms with van der Waals surface area (Å²) in [6, 6.07) is 0. The highest BCUT2D eigenvalue weighted by Gasteiger charge is 2.38. The molecule has 1 saturated heterocycles. The predicted molar refractivity (Wildman–Crippen MR) is 82.4 cm³/mol. The van der Waals surface area contributed by atoms with E-state index in [-0.39, 0.29) is 12.5 Å². The number of morpholine rings is 1. The third-order valence-corrected chi connectivity index (χ3v) is 3.91. The van der Waals surface area contributed by atoms with Crippen LogP contribution in [-0.4, -0.2) is 56.5 Å². The van der Waals surface area contributed by atoms with E-state index in [9.17, 15) is 9.59 Å². The molecule has 2 amide bonds. The van der Waals surface area contributed by atoms with Gasteiger partial charge in [-0.1, -0.05) is 34.8 Å². The molecule has 0 bridgehead atoms. The molecular formula is C10H14Cl3N3O4S. The van der Waals surface area contributed by atoms with Crippen molar-refractivity contribution in [1.82, 2.24) is 9.21 Å². The first kappa shape index (κ1) is 18.5. The summed E-state index contributed by atoms with van der Waals surface area (Å²) in [7, 11) is 2.93. The van der Waals surface area contributed by atoms with Gasteiger partial charge in [-0.2, -0.15) is 0 Å². The Hall–Kier alpha value is -0.570. The van der Waals surface area contributed by atoms with Crippen molar-refractivity contribution in [2.24, 2.45) is 5.16 Å². The number of rotatable bonds is 2. The lowest BCUT2D eigenvalue weighted by Crippen LogP contribution is -2.56. The molecule has 0 atom stereocenters. The largest absolute Gasteiger partial charge is 0.469 e. The summed E-state index contributed by atoms with van der Waals surface area (Å²) in [5.74, 6) is -0.798. The van der Waals surface area contributed by atoms with Crippen molar-refractivity contribution in [3.05, 3.63) is 0 Å². The van der Waals surface area contributed by atoms with Crippen LogP contribution in [0.4, 0.5) is 4.79 Å². The van der Waals surface area contributed by atoms with Gasteiger partial charge in [-0.05, 0) is 19.0 Å². The van der Waals surface area contributed by atoms with Crippen LogP contribution in [0.5, 0.6) is 0 Å². The summed E-state index contributed by atoms with van der Waals surface area (Å²) in [4.78, 5) is 29.6. The summed E-state index contributed by atoms with van der Waals surface area (Å²) in [5, 5.41) is 3.40. The van der Waals surface area contributed by atoms with E-state index in [4.69, 9.17) is 39.5 Å². The SMILES string of the molecule is CN(SC(Cl)(Cl)Cl)C(=O)ON=C1OCC(C)(C)N(C)C1=O. The number of amides is 2. The third-order valence-electron chi connectivity index (χ3n) is 2.66. The van der Waals surface area contributed by atoms with E-state index in [1.807, 2.05) is 13.8 Å². The van der Waals surface area contributed by atoms with Crippen LogP contribution in [0.15, 0.2) is 5.16 Å². The van der Waals surface area contributed by atoms with Gasteiger partial charge in [0.15, 0.2) is 0 Å². The molecule has 0 spiro atoms. The van der Waals surface area contributed by atoms with Crippen LogP contribution in [0.25, 0.3) is 0 Å². The number of carbonyl (C=O) groups excluding carboxylic acids is 2. The fourth-order valence-corrected chi connectivity index (χ4v) is 2.57. The average Bonchev–Trinajstić information content (AvgIpc) is 2.33. The number of halogens is 3. The van der Waals surface area contributed by atoms with Gasteiger partial charge in [-0.15, -0.1) is 0 Å². The molecule has 1 rings (SSSR count). The van der Waals surface area contributed by atoms with Gasteiger partial charge in [0.25, 0.3) is 3.12 Å². The summed E-state index contributed by atoms with van der Waals surface area (Å²) in [5.41, 5.74) is -0.470. The number of ether oxygens (including phenoxy) is 1. The first-order valence-corrected chi connectivity index (χ1v) is 7.54. The molecule has 0 N–H and O–H groups in total. The van der Waals surface area contributed by atoms with Gasteiger partial charge in [-0.3, -0.25) is 9.63 Å². The predicted octanol–water partition coefficient (Wildman–Crippen LogP) is 2.61. The molecule has 1 heterocycles. The number of likely N-dealkylation sites (N-methyl/N-ethyl adjacent to an activating group) is 1. The average molecular weight is 379 g/mol. The maximum Gasteiger partial charge on any atom is 0.446 e. The smallest absolute Gasteiger partial charge is 0.446 e. The molecule has 21 heavy (non-hydrogen) atoms. The van der Waals surface area contributed by atoms with Gasteiger partial charge in [0, 0.05) is 26.0 Å². The second kappa shape index (κ2) is 6.68. The van der Waals surface area contributed by atoms with Crippen LogP contribution in [0.2, 0.25) is 0 Å². The zero-order valence-corrected chi connectivity index (χ0v) is 14.8. The maximum atomic E-state index is 11.9. The topological polar surface area (TPSA) is 71.4 Å². The lowest BCUT2D eigenvalue weighted by molar-refractivity contribution is -0.134. The maximum absolute atomic E-state index is 11.9. The Balaban J connectivity index is 2.65. The zero-order valence-electron chi connectivity index (χ0n) is 11.7. The van der Waals surface area contributed by atoms with Crippen molar-refractivity contribution >= 4 is 64.6 Å². The van der Waals surface area contributed by atoms with Crippen LogP contribution >= 0.6 is 46.8 Å². The fraction of sp³-hybridized carbons (Fsp3) is 0.700. The molecule has 1 aliphatic heterocycles. The molecule has 7 nitrogen and oxygen atoms in total. The standard InChI is InChI=1S/C10H14Cl3N3O4S/c1-9(2)5-19-6(7(17)15(9)3)14-20-8(18)16(4)21-10(11,12)13/h5H2,1-4H3. The van der Waals surface area contributed by atoms with E-state index in [1.165, 1.54) is 11.9 Å². The first-order valence-electron chi connectivity index (χ1n) is 5.63. The summed E-state index contributed by atoms with van der Waals surface area (Å²) in [6.45, 7) is 3.89. The highest BCUT2D eigenvalue weighted by molar-refractivity contribution is 8.03. The van der Waals surface area contributed by atoms with Gasteiger partial charge in [0.05, 0.1) is 5.54 Å². The number of hydrogen-bond donors (Lipinski definition) is 0. The lowest BCUT2D eigenvalue weighted by Gasteiger charge is -2.39. The second-order valence-electron chi connectivity index (χ2n) is 4.75. The minimum Gasteiger partial charge on any atom is -0.469 e. The van der Waals surface area contributed by atoms with Crippen LogP contribution in [0.1, 0.15) is 13.8 Å². The van der Waals surface area contributed by atoms with Crippen molar-refractivity contribution < 1.29 is 19.2 Å². The molecule has 0 aromatic carbocycles. The first-order chi connectivity index (χ1) is 9.44. The molecule has 11 heteroatoms. The Bertz CT molecular complexity index is 467. The Kier molecular flexibility index (Phi) is 5.88. The van der Waals surface area contributed by atoms with Crippen molar-refractivity contribution in [2.45, 2.75) is 22.5 Å². The molecule has 0 saturated carbocycles. The van der Waals surface area contributed by atoms with Crippen molar-refractivity contribution in [2.75, 3.05) is 20.7 Å². The minimum absolute atomic E-state index is 0.227. The molecule has 120 valence electrons. The summed E-state index contributed by atoms with van der Waals surface area (Å²) in [6.07, 6.45) is -0.914. The van der Waals surface area contributed by atoms with Crippen LogP contribution in [0.3, 0.4) is 0 Å². The molecular weight excluding hydrogens is 365 g/mol. The summed E-state index contributed by atoms with van der Waals surface area (Å²) < 4.78 is 4.39. The number of hydrogen-bond acceptors (Lipinski definition) is 6. The van der Waals surface area contributed by atoms with Gasteiger partial charge < -0.3 is 9.64 Å². The van der Waals surface area contributed by atoms with Gasteiger partial charge in [-0.25, -0.2) is 9.10 Å². The van der Waals surface area contributed by atoms with E-state index < -0.39 is 20.7 Å².